The molecule has 3 heteroatoms. The third kappa shape index (κ3) is 0.345. The fourth-order valence-electron chi connectivity index (χ4n) is 1.43. The van der Waals surface area contributed by atoms with Crippen LogP contribution in [0.25, 0.3) is 0 Å². The minimum absolute atomic E-state index is 0.328. The molecular formula is C7H6O3. The summed E-state index contributed by atoms with van der Waals surface area (Å²) in [5, 5.41) is 0. The van der Waals surface area contributed by atoms with Crippen molar-refractivity contribution in [3.8, 4) is 0 Å². The van der Waals surface area contributed by atoms with Gasteiger partial charge in [0.2, 0.25) is 0 Å². The maximum Gasteiger partial charge on any atom is 0.253 e. The number of hydrogen-bond acceptors (Lipinski definition) is 3. The predicted octanol–water partition coefficient (Wildman–Crippen LogP) is 0.539. The number of hydrogen-bond donors (Lipinski definition) is 0. The van der Waals surface area contributed by atoms with Gasteiger partial charge in [-0.25, -0.2) is 0 Å². The third-order valence-electron chi connectivity index (χ3n) is 2.04. The van der Waals surface area contributed by atoms with Gasteiger partial charge in [0.25, 0.3) is 11.6 Å². The monoisotopic (exact) mass is 138 g/mol. The molecule has 52 valence electrons. The van der Waals surface area contributed by atoms with Crippen LogP contribution in [0.5, 0.6) is 0 Å². The highest BCUT2D eigenvalue weighted by Gasteiger charge is 2.75. The average Bonchev–Trinajstić information content (AvgIpc) is 2.47. The van der Waals surface area contributed by atoms with Gasteiger partial charge >= 0.3 is 0 Å². The van der Waals surface area contributed by atoms with Crippen LogP contribution in [0.4, 0.5) is 0 Å². The van der Waals surface area contributed by atoms with Crippen LogP contribution in [0.1, 0.15) is 0 Å². The van der Waals surface area contributed by atoms with Gasteiger partial charge in [-0.3, -0.25) is 4.74 Å². The first-order valence-corrected chi connectivity index (χ1v) is 3.22. The number of ether oxygens (including phenoxy) is 3. The molecule has 3 aliphatic rings. The second kappa shape index (κ2) is 1.21. The normalized spacial score (nSPS) is 54.4. The Bertz CT molecular complexity index is 221. The second-order valence-corrected chi connectivity index (χ2v) is 2.56. The Balaban J connectivity index is 2.13. The van der Waals surface area contributed by atoms with Crippen LogP contribution < -0.4 is 0 Å². The first-order valence-electron chi connectivity index (χ1n) is 3.22. The van der Waals surface area contributed by atoms with Gasteiger partial charge in [-0.1, -0.05) is 12.2 Å². The van der Waals surface area contributed by atoms with E-state index in [0.717, 1.165) is 0 Å². The van der Waals surface area contributed by atoms with Crippen LogP contribution in [0, 0.1) is 0 Å². The molecule has 0 amide bonds. The fourth-order valence-corrected chi connectivity index (χ4v) is 1.43. The quantitative estimate of drug-likeness (QED) is 0.458. The number of allylic oxidation sites excluding steroid dienone is 2. The summed E-state index contributed by atoms with van der Waals surface area (Å²) < 4.78 is 15.7. The van der Waals surface area contributed by atoms with Crippen molar-refractivity contribution in [2.75, 3.05) is 6.79 Å². The smallest absolute Gasteiger partial charge is 0.253 e. The first kappa shape index (κ1) is 5.07. The van der Waals surface area contributed by atoms with Crippen molar-refractivity contribution >= 4 is 0 Å². The molecule has 0 N–H and O–H groups in total. The van der Waals surface area contributed by atoms with Crippen molar-refractivity contribution in [1.29, 1.82) is 0 Å². The molecule has 2 atom stereocenters. The second-order valence-electron chi connectivity index (χ2n) is 2.56. The summed E-state index contributed by atoms with van der Waals surface area (Å²) in [6.07, 6.45) is 7.56. The Labute approximate surface area is 57.9 Å². The molecule has 1 aliphatic carbocycles. The molecule has 2 aliphatic heterocycles. The van der Waals surface area contributed by atoms with Crippen molar-refractivity contribution in [2.24, 2.45) is 0 Å². The van der Waals surface area contributed by atoms with Crippen LogP contribution in [0.3, 0.4) is 0 Å². The molecule has 2 heterocycles. The molecule has 2 fully saturated rings. The van der Waals surface area contributed by atoms with Gasteiger partial charge in [0.1, 0.15) is 0 Å². The summed E-state index contributed by atoms with van der Waals surface area (Å²) >= 11 is 0. The van der Waals surface area contributed by atoms with E-state index in [-0.39, 0.29) is 0 Å². The zero-order chi connectivity index (χ0) is 6.66. The Kier molecular flexibility index (Phi) is 0.612. The maximum absolute atomic E-state index is 5.27. The summed E-state index contributed by atoms with van der Waals surface area (Å²) in [7, 11) is 0. The lowest BCUT2D eigenvalue weighted by Gasteiger charge is -2.01. The van der Waals surface area contributed by atoms with E-state index in [2.05, 4.69) is 0 Å². The molecule has 10 heavy (non-hydrogen) atoms. The molecule has 3 nitrogen and oxygen atoms in total. The molecule has 0 bridgehead atoms. The van der Waals surface area contributed by atoms with Gasteiger partial charge in [-0.15, -0.1) is 0 Å². The highest BCUT2D eigenvalue weighted by Crippen LogP contribution is 2.57. The topological polar surface area (TPSA) is 31.0 Å². The number of rotatable bonds is 0. The van der Waals surface area contributed by atoms with Gasteiger partial charge in [-0.05, 0) is 12.2 Å². The SMILES string of the molecule is C1=CC23OCOC2(C=C1)O3. The van der Waals surface area contributed by atoms with Crippen LogP contribution >= 0.6 is 0 Å². The molecule has 2 unspecified atom stereocenters. The van der Waals surface area contributed by atoms with Crippen LogP contribution in [0.2, 0.25) is 0 Å². The summed E-state index contributed by atoms with van der Waals surface area (Å²) in [5.41, 5.74) is 0. The van der Waals surface area contributed by atoms with Gasteiger partial charge in [0.05, 0.1) is 0 Å². The summed E-state index contributed by atoms with van der Waals surface area (Å²) in [5.74, 6) is -1.11. The molecule has 0 saturated carbocycles. The van der Waals surface area contributed by atoms with Crippen LogP contribution in [-0.4, -0.2) is 18.4 Å². The minimum atomic E-state index is -0.554. The van der Waals surface area contributed by atoms with E-state index in [1.807, 2.05) is 24.3 Å². The lowest BCUT2D eigenvalue weighted by atomic mass is 10.1. The van der Waals surface area contributed by atoms with Crippen molar-refractivity contribution in [3.05, 3.63) is 24.3 Å². The molecule has 3 rings (SSSR count). The lowest BCUT2D eigenvalue weighted by Crippen LogP contribution is -2.18. The number of epoxide rings is 1. The van der Waals surface area contributed by atoms with Gasteiger partial charge in [0.15, 0.2) is 6.79 Å². The van der Waals surface area contributed by atoms with Gasteiger partial charge in [0, 0.05) is 0 Å². The summed E-state index contributed by atoms with van der Waals surface area (Å²) in [6, 6.07) is 0. The summed E-state index contributed by atoms with van der Waals surface area (Å²) in [4.78, 5) is 0. The van der Waals surface area contributed by atoms with E-state index in [1.165, 1.54) is 0 Å². The largest absolute Gasteiger partial charge is 0.315 e. The van der Waals surface area contributed by atoms with Crippen molar-refractivity contribution in [3.63, 3.8) is 0 Å². The fraction of sp³-hybridized carbons (Fsp3) is 0.429. The molecule has 0 spiro atoms. The molecule has 2 saturated heterocycles. The standard InChI is InChI=1S/C7H6O3/c1-2-4-7-6(3-1,10-7)8-5-9-7/h1-4H,5H2. The van der Waals surface area contributed by atoms with E-state index < -0.39 is 11.6 Å². The van der Waals surface area contributed by atoms with E-state index in [1.54, 1.807) is 0 Å². The van der Waals surface area contributed by atoms with Crippen molar-refractivity contribution in [2.45, 2.75) is 11.6 Å². The summed E-state index contributed by atoms with van der Waals surface area (Å²) in [6.45, 7) is 0.328. The lowest BCUT2D eigenvalue weighted by molar-refractivity contribution is -0.127. The van der Waals surface area contributed by atoms with E-state index in [0.29, 0.717) is 6.79 Å². The third-order valence-corrected chi connectivity index (χ3v) is 2.04. The van der Waals surface area contributed by atoms with Crippen molar-refractivity contribution < 1.29 is 14.2 Å². The molecule has 0 radical (unpaired) electrons. The van der Waals surface area contributed by atoms with Gasteiger partial charge < -0.3 is 9.47 Å². The van der Waals surface area contributed by atoms with E-state index in [9.17, 15) is 0 Å². The zero-order valence-electron chi connectivity index (χ0n) is 5.24. The Morgan fingerprint density at radius 2 is 1.60 bits per heavy atom. The highest BCUT2D eigenvalue weighted by molar-refractivity contribution is 5.33. The molecule has 0 aromatic carbocycles. The van der Waals surface area contributed by atoms with Crippen LogP contribution in [-0.2, 0) is 14.2 Å². The Morgan fingerprint density at radius 1 is 1.00 bits per heavy atom. The Morgan fingerprint density at radius 3 is 2.20 bits per heavy atom. The molecule has 0 aromatic heterocycles. The average molecular weight is 138 g/mol. The molecular weight excluding hydrogens is 132 g/mol. The minimum Gasteiger partial charge on any atom is -0.315 e. The molecule has 0 aromatic rings. The predicted molar refractivity (Wildman–Crippen MR) is 31.9 cm³/mol. The first-order chi connectivity index (χ1) is 4.87. The maximum atomic E-state index is 5.27. The zero-order valence-corrected chi connectivity index (χ0v) is 5.24. The van der Waals surface area contributed by atoms with Crippen LogP contribution in [0.15, 0.2) is 24.3 Å². The van der Waals surface area contributed by atoms with Crippen molar-refractivity contribution in [1.82, 2.24) is 0 Å². The van der Waals surface area contributed by atoms with E-state index >= 15 is 0 Å². The van der Waals surface area contributed by atoms with Gasteiger partial charge in [-0.2, -0.15) is 0 Å². The Hall–Kier alpha value is -0.640. The highest BCUT2D eigenvalue weighted by atomic mass is 17.0. The van der Waals surface area contributed by atoms with E-state index in [4.69, 9.17) is 14.2 Å².